The number of hydrogen-bond acceptors (Lipinski definition) is 3. The molecule has 0 bridgehead atoms. The van der Waals surface area contributed by atoms with Crippen molar-refractivity contribution in [3.05, 3.63) is 0 Å². The quantitative estimate of drug-likeness (QED) is 0.870. The van der Waals surface area contributed by atoms with E-state index in [2.05, 4.69) is 9.80 Å². The van der Waals surface area contributed by atoms with Crippen molar-refractivity contribution in [2.75, 3.05) is 26.2 Å². The number of aliphatic hydroxyl groups is 1. The average molecular weight is 308 g/mol. The third kappa shape index (κ3) is 3.65. The van der Waals surface area contributed by atoms with Crippen LogP contribution in [0, 0.1) is 11.8 Å². The molecular weight excluding hydrogens is 276 g/mol. The molecule has 2 saturated heterocycles. The molecule has 4 nitrogen and oxygen atoms in total. The lowest BCUT2D eigenvalue weighted by Gasteiger charge is -2.45. The number of carbonyl (C=O) groups is 1. The van der Waals surface area contributed by atoms with Crippen molar-refractivity contribution >= 4 is 5.91 Å². The Morgan fingerprint density at radius 2 is 1.73 bits per heavy atom. The summed E-state index contributed by atoms with van der Waals surface area (Å²) in [5.74, 6) is 1.54. The number of aliphatic hydroxyl groups excluding tert-OH is 1. The summed E-state index contributed by atoms with van der Waals surface area (Å²) in [5.41, 5.74) is 0. The first kappa shape index (κ1) is 16.3. The Labute approximate surface area is 134 Å². The van der Waals surface area contributed by atoms with E-state index < -0.39 is 0 Å². The van der Waals surface area contributed by atoms with E-state index in [0.29, 0.717) is 24.4 Å². The molecule has 3 unspecified atom stereocenters. The molecule has 3 atom stereocenters. The summed E-state index contributed by atoms with van der Waals surface area (Å²) in [6, 6.07) is 0.532. The number of hydrogen-bond donors (Lipinski definition) is 1. The maximum Gasteiger partial charge on any atom is 0.237 e. The van der Waals surface area contributed by atoms with E-state index in [0.717, 1.165) is 38.4 Å². The van der Waals surface area contributed by atoms with Gasteiger partial charge in [0.1, 0.15) is 0 Å². The predicted octanol–water partition coefficient (Wildman–Crippen LogP) is 2.26. The summed E-state index contributed by atoms with van der Waals surface area (Å²) in [6.07, 6.45) is 9.57. The molecule has 1 amide bonds. The maximum atomic E-state index is 12.8. The Morgan fingerprint density at radius 1 is 1.05 bits per heavy atom. The highest BCUT2D eigenvalue weighted by molar-refractivity contribution is 5.78. The van der Waals surface area contributed by atoms with Crippen LogP contribution in [0.25, 0.3) is 0 Å². The number of rotatable bonds is 3. The smallest absolute Gasteiger partial charge is 0.237 e. The van der Waals surface area contributed by atoms with Crippen molar-refractivity contribution < 1.29 is 9.90 Å². The number of carbonyl (C=O) groups excluding carboxylic acids is 1. The Bertz CT molecular complexity index is 375. The molecule has 0 aromatic heterocycles. The number of piperidine rings is 2. The molecule has 0 aromatic carbocycles. The van der Waals surface area contributed by atoms with Crippen molar-refractivity contribution in [3.63, 3.8) is 0 Å². The lowest BCUT2D eigenvalue weighted by atomic mass is 9.78. The maximum absolute atomic E-state index is 12.8. The molecule has 0 radical (unpaired) electrons. The molecule has 1 aliphatic carbocycles. The van der Waals surface area contributed by atoms with Crippen LogP contribution in [0.5, 0.6) is 0 Å². The lowest BCUT2D eigenvalue weighted by molar-refractivity contribution is -0.139. The summed E-state index contributed by atoms with van der Waals surface area (Å²) >= 11 is 0. The van der Waals surface area contributed by atoms with Crippen LogP contribution in [0.2, 0.25) is 0 Å². The molecule has 3 aliphatic rings. The first-order chi connectivity index (χ1) is 10.6. The Hall–Kier alpha value is -0.610. The van der Waals surface area contributed by atoms with Crippen molar-refractivity contribution in [3.8, 4) is 0 Å². The van der Waals surface area contributed by atoms with Crippen LogP contribution in [0.3, 0.4) is 0 Å². The van der Waals surface area contributed by atoms with Crippen LogP contribution in [0.1, 0.15) is 58.3 Å². The van der Waals surface area contributed by atoms with E-state index in [1.54, 1.807) is 0 Å². The van der Waals surface area contributed by atoms with Gasteiger partial charge in [0.25, 0.3) is 0 Å². The Morgan fingerprint density at radius 3 is 2.45 bits per heavy atom. The lowest BCUT2D eigenvalue weighted by Crippen LogP contribution is -2.53. The molecular formula is C18H32N2O2. The summed E-state index contributed by atoms with van der Waals surface area (Å²) in [7, 11) is 0. The Balaban J connectivity index is 1.51. The molecule has 3 rings (SSSR count). The summed E-state index contributed by atoms with van der Waals surface area (Å²) in [6.45, 7) is 5.38. The van der Waals surface area contributed by atoms with Gasteiger partial charge < -0.3 is 10.0 Å². The SMILES string of the molecule is CC(O)C1CCN(CC(=O)N2CCCC3CCCCC32)CC1. The van der Waals surface area contributed by atoms with Crippen LogP contribution in [-0.2, 0) is 4.79 Å². The van der Waals surface area contributed by atoms with Gasteiger partial charge in [-0.2, -0.15) is 0 Å². The molecule has 22 heavy (non-hydrogen) atoms. The summed E-state index contributed by atoms with van der Waals surface area (Å²) < 4.78 is 0. The summed E-state index contributed by atoms with van der Waals surface area (Å²) in [5, 5.41) is 9.68. The van der Waals surface area contributed by atoms with E-state index in [1.165, 1.54) is 38.5 Å². The third-order valence-corrected chi connectivity index (χ3v) is 6.24. The Kier molecular flexibility index (Phi) is 5.40. The largest absolute Gasteiger partial charge is 0.393 e. The first-order valence-corrected chi connectivity index (χ1v) is 9.35. The van der Waals surface area contributed by atoms with Gasteiger partial charge in [0.05, 0.1) is 12.6 Å². The minimum Gasteiger partial charge on any atom is -0.393 e. The van der Waals surface area contributed by atoms with E-state index >= 15 is 0 Å². The van der Waals surface area contributed by atoms with Gasteiger partial charge in [-0.15, -0.1) is 0 Å². The van der Waals surface area contributed by atoms with Gasteiger partial charge >= 0.3 is 0 Å². The van der Waals surface area contributed by atoms with Gasteiger partial charge in [-0.3, -0.25) is 9.69 Å². The van der Waals surface area contributed by atoms with Crippen molar-refractivity contribution in [2.24, 2.45) is 11.8 Å². The molecule has 1 saturated carbocycles. The van der Waals surface area contributed by atoms with Crippen LogP contribution in [0.15, 0.2) is 0 Å². The van der Waals surface area contributed by atoms with Crippen LogP contribution >= 0.6 is 0 Å². The fourth-order valence-electron chi connectivity index (χ4n) is 4.81. The topological polar surface area (TPSA) is 43.8 Å². The molecule has 4 heteroatoms. The number of amides is 1. The number of nitrogens with zero attached hydrogens (tertiary/aromatic N) is 2. The highest BCUT2D eigenvalue weighted by Gasteiger charge is 2.36. The van der Waals surface area contributed by atoms with E-state index in [1.807, 2.05) is 6.92 Å². The zero-order valence-corrected chi connectivity index (χ0v) is 14.0. The number of likely N-dealkylation sites (tertiary alicyclic amines) is 2. The second kappa shape index (κ2) is 7.31. The standard InChI is InChI=1S/C18H32N2O2/c1-14(21)15-8-11-19(12-9-15)13-18(22)20-10-4-6-16-5-2-3-7-17(16)20/h14-17,21H,2-13H2,1H3. The minimum atomic E-state index is -0.206. The molecule has 126 valence electrons. The highest BCUT2D eigenvalue weighted by Crippen LogP contribution is 2.35. The second-order valence-corrected chi connectivity index (χ2v) is 7.70. The fourth-order valence-corrected chi connectivity index (χ4v) is 4.81. The van der Waals surface area contributed by atoms with Gasteiger partial charge in [-0.1, -0.05) is 12.8 Å². The molecule has 0 aromatic rings. The second-order valence-electron chi connectivity index (χ2n) is 7.70. The molecule has 2 heterocycles. The minimum absolute atomic E-state index is 0.206. The van der Waals surface area contributed by atoms with E-state index in [4.69, 9.17) is 0 Å². The third-order valence-electron chi connectivity index (χ3n) is 6.24. The number of fused-ring (bicyclic) bond motifs is 1. The molecule has 3 fully saturated rings. The van der Waals surface area contributed by atoms with E-state index in [-0.39, 0.29) is 6.10 Å². The zero-order valence-electron chi connectivity index (χ0n) is 14.0. The zero-order chi connectivity index (χ0) is 15.5. The van der Waals surface area contributed by atoms with Crippen molar-refractivity contribution in [1.29, 1.82) is 0 Å². The predicted molar refractivity (Wildman–Crippen MR) is 87.5 cm³/mol. The van der Waals surface area contributed by atoms with Gasteiger partial charge in [0, 0.05) is 12.6 Å². The molecule has 2 aliphatic heterocycles. The van der Waals surface area contributed by atoms with Gasteiger partial charge in [-0.05, 0) is 70.4 Å². The molecule has 0 spiro atoms. The van der Waals surface area contributed by atoms with Crippen LogP contribution in [0.4, 0.5) is 0 Å². The molecule has 1 N–H and O–H groups in total. The van der Waals surface area contributed by atoms with Crippen LogP contribution in [-0.4, -0.2) is 59.1 Å². The van der Waals surface area contributed by atoms with Crippen molar-refractivity contribution in [2.45, 2.75) is 70.4 Å². The van der Waals surface area contributed by atoms with E-state index in [9.17, 15) is 9.90 Å². The van der Waals surface area contributed by atoms with Crippen molar-refractivity contribution in [1.82, 2.24) is 9.80 Å². The highest BCUT2D eigenvalue weighted by atomic mass is 16.3. The average Bonchev–Trinajstić information content (AvgIpc) is 2.54. The van der Waals surface area contributed by atoms with Gasteiger partial charge in [0.15, 0.2) is 0 Å². The monoisotopic (exact) mass is 308 g/mol. The normalized spacial score (nSPS) is 32.5. The van der Waals surface area contributed by atoms with Gasteiger partial charge in [0.2, 0.25) is 5.91 Å². The van der Waals surface area contributed by atoms with Gasteiger partial charge in [-0.25, -0.2) is 0 Å². The fraction of sp³-hybridized carbons (Fsp3) is 0.944. The van der Waals surface area contributed by atoms with Crippen LogP contribution < -0.4 is 0 Å². The summed E-state index contributed by atoms with van der Waals surface area (Å²) in [4.78, 5) is 17.3. The first-order valence-electron chi connectivity index (χ1n) is 9.35.